The lowest BCUT2D eigenvalue weighted by molar-refractivity contribution is -0.464. The molecule has 0 aliphatic carbocycles. The minimum atomic E-state index is -4.24. The maximum absolute atomic E-state index is 10.8. The van der Waals surface area contributed by atoms with E-state index in [1.54, 1.807) is 0 Å². The first-order chi connectivity index (χ1) is 20.5. The summed E-state index contributed by atoms with van der Waals surface area (Å²) >= 11 is -0.249. The Hall–Kier alpha value is -4.04. The highest BCUT2D eigenvalue weighted by Crippen LogP contribution is 2.45. The maximum Gasteiger partial charge on any atom is 0.347 e. The van der Waals surface area contributed by atoms with Crippen LogP contribution in [0.4, 0.5) is 5.82 Å². The van der Waals surface area contributed by atoms with Gasteiger partial charge in [0.15, 0.2) is 23.0 Å². The molecule has 0 unspecified atom stereocenters. The van der Waals surface area contributed by atoms with Gasteiger partial charge in [-0.1, -0.05) is 41.2 Å². The summed E-state index contributed by atoms with van der Waals surface area (Å²) in [6.45, 7) is 0. The Morgan fingerprint density at radius 3 is 1.91 bits per heavy atom. The molecule has 242 valence electrons. The van der Waals surface area contributed by atoms with Crippen molar-refractivity contribution in [2.45, 2.75) is 33.8 Å². The minimum absolute atomic E-state index is 0.0688. The number of benzene rings is 2. The van der Waals surface area contributed by atoms with E-state index < -0.39 is 40.4 Å². The number of nitrogens with zero attached hydrogens (tertiary/aromatic N) is 3. The van der Waals surface area contributed by atoms with Gasteiger partial charge in [-0.3, -0.25) is 0 Å². The van der Waals surface area contributed by atoms with Crippen molar-refractivity contribution in [2.75, 3.05) is 5.73 Å². The van der Waals surface area contributed by atoms with Crippen LogP contribution in [0.25, 0.3) is 34.0 Å². The molecule has 0 atom stereocenters. The molecule has 4 rings (SSSR count). The van der Waals surface area contributed by atoms with Gasteiger partial charge >= 0.3 is 18.0 Å². The highest BCUT2D eigenvalue weighted by Gasteiger charge is 2.63. The average Bonchev–Trinajstić information content (AvgIpc) is 3.27. The van der Waals surface area contributed by atoms with Crippen LogP contribution in [-0.4, -0.2) is 110 Å². The third-order valence-electron chi connectivity index (χ3n) is 6.01. The Kier molecular flexibility index (Phi) is 8.57. The summed E-state index contributed by atoms with van der Waals surface area (Å²) in [5.74, 6) is -13.5. The van der Waals surface area contributed by atoms with Gasteiger partial charge in [0.1, 0.15) is 5.75 Å². The number of thioether (sulfide) groups is 1. The second-order valence-corrected chi connectivity index (χ2v) is 10.7. The molecule has 2 heterocycles. The third kappa shape index (κ3) is 6.81. The topological polar surface area (TPSA) is 373 Å². The molecule has 17 N–H and O–H groups in total. The van der Waals surface area contributed by atoms with Crippen molar-refractivity contribution in [3.63, 3.8) is 0 Å². The molecule has 2 aromatic heterocycles. The number of anilines is 1. The van der Waals surface area contributed by atoms with E-state index in [1.807, 2.05) is 0 Å². The van der Waals surface area contributed by atoms with E-state index in [0.717, 1.165) is 36.5 Å². The molecule has 0 spiro atoms. The number of phenolic OH excluding ortho intramolecular Hbond substituents is 1. The molecule has 0 aliphatic heterocycles. The average molecular weight is 656 g/mol. The Morgan fingerprint density at radius 2 is 1.38 bits per heavy atom. The lowest BCUT2D eigenvalue weighted by Gasteiger charge is -2.39. The second kappa shape index (κ2) is 11.4. The molecule has 0 fully saturated rings. The molecule has 0 amide bonds. The summed E-state index contributed by atoms with van der Waals surface area (Å²) in [6.07, 6.45) is -2.52. The number of nitrogens with one attached hydrogen (secondary N) is 1. The van der Waals surface area contributed by atoms with Crippen molar-refractivity contribution in [3.05, 3.63) is 54.2 Å². The standard InChI is InChI=1S/C24H25N5O15S/c25-19-16(18-17(31)15(28-44-18)9-1-3-10(4-2-9)20(32,33)29-24(41,42)43)27-13(8-26-19)12-6-5-11(7-14(12)30)45-21(34,22(35,36)37)23(38,39)40/h1-8,29-43H,(H2,25,26). The quantitative estimate of drug-likeness (QED) is 0.0568. The van der Waals surface area contributed by atoms with Crippen LogP contribution in [0.5, 0.6) is 11.5 Å². The number of aromatic hydroxyl groups is 2. The zero-order valence-electron chi connectivity index (χ0n) is 22.1. The predicted molar refractivity (Wildman–Crippen MR) is 144 cm³/mol. The van der Waals surface area contributed by atoms with Crippen molar-refractivity contribution in [1.29, 1.82) is 0 Å². The maximum atomic E-state index is 10.8. The minimum Gasteiger partial charge on any atom is -0.507 e. The SMILES string of the molecule is Nc1ncc(-c2ccc(SC(O)(C(O)(O)O)C(O)(O)O)cc2O)nc1-c1onc(-c2ccc(C(O)(O)NC(O)(O)O)cc2)c1O. The third-order valence-corrected chi connectivity index (χ3v) is 7.34. The molecule has 21 heteroatoms. The van der Waals surface area contributed by atoms with Gasteiger partial charge in [-0.05, 0) is 18.2 Å². The van der Waals surface area contributed by atoms with E-state index in [4.69, 9.17) is 25.6 Å². The van der Waals surface area contributed by atoms with Gasteiger partial charge in [0, 0.05) is 21.6 Å². The second-order valence-electron chi connectivity index (χ2n) is 9.40. The van der Waals surface area contributed by atoms with Crippen LogP contribution in [-0.2, 0) is 5.91 Å². The largest absolute Gasteiger partial charge is 0.507 e. The van der Waals surface area contributed by atoms with Crippen LogP contribution in [0, 0.1) is 0 Å². The van der Waals surface area contributed by atoms with Gasteiger partial charge in [0.05, 0.1) is 11.9 Å². The van der Waals surface area contributed by atoms with E-state index in [9.17, 15) is 56.2 Å². The first kappa shape index (κ1) is 33.8. The van der Waals surface area contributed by atoms with Gasteiger partial charge in [0.2, 0.25) is 5.76 Å². The van der Waals surface area contributed by atoms with Crippen LogP contribution >= 0.6 is 11.8 Å². The molecular weight excluding hydrogens is 630 g/mol. The Morgan fingerprint density at radius 1 is 0.778 bits per heavy atom. The van der Waals surface area contributed by atoms with Crippen LogP contribution in [0.15, 0.2) is 58.1 Å². The molecule has 2 aromatic carbocycles. The molecule has 0 saturated heterocycles. The fourth-order valence-corrected chi connectivity index (χ4v) is 4.74. The Bertz CT molecular complexity index is 1680. The predicted octanol–water partition coefficient (Wildman–Crippen LogP) is -4.23. The molecular formula is C24H25N5O15S. The number of rotatable bonds is 10. The first-order valence-corrected chi connectivity index (χ1v) is 12.8. The molecule has 0 aliphatic rings. The highest BCUT2D eigenvalue weighted by atomic mass is 32.2. The van der Waals surface area contributed by atoms with Crippen LogP contribution < -0.4 is 11.1 Å². The molecule has 0 radical (unpaired) electrons. The highest BCUT2D eigenvalue weighted by molar-refractivity contribution is 8.00. The Balaban J connectivity index is 1.65. The van der Waals surface area contributed by atoms with Crippen molar-refractivity contribution in [2.24, 2.45) is 0 Å². The summed E-state index contributed by atoms with van der Waals surface area (Å²) in [5.41, 5.74) is 5.10. The summed E-state index contributed by atoms with van der Waals surface area (Å²) in [7, 11) is 0. The van der Waals surface area contributed by atoms with E-state index >= 15 is 0 Å². The number of hydrogen-bond acceptors (Lipinski definition) is 21. The number of nitrogens with two attached hydrogens (primary N) is 1. The summed E-state index contributed by atoms with van der Waals surface area (Å²) in [5, 5.41) is 140. The molecule has 0 bridgehead atoms. The van der Waals surface area contributed by atoms with Gasteiger partial charge in [-0.15, -0.1) is 0 Å². The monoisotopic (exact) mass is 655 g/mol. The fourth-order valence-electron chi connectivity index (χ4n) is 3.82. The van der Waals surface area contributed by atoms with E-state index in [0.29, 0.717) is 0 Å². The normalized spacial score (nSPS) is 13.3. The molecule has 45 heavy (non-hydrogen) atoms. The van der Waals surface area contributed by atoms with Crippen molar-refractivity contribution < 1.29 is 76.0 Å². The zero-order chi connectivity index (χ0) is 33.8. The van der Waals surface area contributed by atoms with Gasteiger partial charge in [-0.25, -0.2) is 9.97 Å². The summed E-state index contributed by atoms with van der Waals surface area (Å²) in [6, 6.07) is 7.68. The summed E-state index contributed by atoms with van der Waals surface area (Å²) in [4.78, 5) is 4.00. The van der Waals surface area contributed by atoms with Crippen molar-refractivity contribution in [3.8, 4) is 45.5 Å². The molecule has 20 nitrogen and oxygen atoms in total. The van der Waals surface area contributed by atoms with E-state index in [2.05, 4.69) is 15.1 Å². The van der Waals surface area contributed by atoms with Crippen LogP contribution in [0.3, 0.4) is 0 Å². The number of aliphatic hydroxyl groups is 12. The van der Waals surface area contributed by atoms with E-state index in [-0.39, 0.29) is 62.0 Å². The molecule has 4 aromatic rings. The van der Waals surface area contributed by atoms with Crippen LogP contribution in [0.1, 0.15) is 5.56 Å². The van der Waals surface area contributed by atoms with Crippen molar-refractivity contribution >= 4 is 17.6 Å². The van der Waals surface area contributed by atoms with Gasteiger partial charge < -0.3 is 81.7 Å². The number of hydrogen-bond donors (Lipinski definition) is 16. The molecule has 0 saturated carbocycles. The summed E-state index contributed by atoms with van der Waals surface area (Å²) < 4.78 is 5.21. The number of nitrogen functional groups attached to an aromatic ring is 1. The van der Waals surface area contributed by atoms with Crippen molar-refractivity contribution in [1.82, 2.24) is 20.4 Å². The lowest BCUT2D eigenvalue weighted by atomic mass is 10.1. The number of aromatic nitrogens is 3. The Labute approximate surface area is 253 Å². The zero-order valence-corrected chi connectivity index (χ0v) is 22.9. The van der Waals surface area contributed by atoms with E-state index in [1.165, 1.54) is 17.4 Å². The van der Waals surface area contributed by atoms with Gasteiger partial charge in [-0.2, -0.15) is 5.32 Å². The first-order valence-electron chi connectivity index (χ1n) is 12.0. The van der Waals surface area contributed by atoms with Gasteiger partial charge in [0.25, 0.3) is 10.8 Å². The fraction of sp³-hybridized carbons (Fsp3) is 0.208. The number of phenols is 1. The smallest absolute Gasteiger partial charge is 0.347 e. The van der Waals surface area contributed by atoms with Crippen LogP contribution in [0.2, 0.25) is 0 Å². The lowest BCUT2D eigenvalue weighted by Crippen LogP contribution is -2.66.